The Bertz CT molecular complexity index is 623. The van der Waals surface area contributed by atoms with Crippen LogP contribution in [0.15, 0.2) is 23.2 Å². The summed E-state index contributed by atoms with van der Waals surface area (Å²) in [5.74, 6) is 0.122. The molecule has 0 aromatic carbocycles. The van der Waals surface area contributed by atoms with Crippen molar-refractivity contribution in [1.82, 2.24) is 24.6 Å². The van der Waals surface area contributed by atoms with E-state index in [1.165, 1.54) is 0 Å². The fourth-order valence-electron chi connectivity index (χ4n) is 2.20. The molecule has 1 unspecified atom stereocenters. The molecule has 1 N–H and O–H groups in total. The number of imidazole rings is 1. The predicted octanol–water partition coefficient (Wildman–Crippen LogP) is 1.84. The second-order valence-corrected chi connectivity index (χ2v) is 5.61. The van der Waals surface area contributed by atoms with Gasteiger partial charge in [-0.3, -0.25) is 9.20 Å². The molecule has 7 heteroatoms. The van der Waals surface area contributed by atoms with Crippen LogP contribution in [0.5, 0.6) is 0 Å². The molecule has 1 atom stereocenters. The minimum absolute atomic E-state index is 0.122. The van der Waals surface area contributed by atoms with Crippen molar-refractivity contribution in [2.24, 2.45) is 0 Å². The Morgan fingerprint density at radius 3 is 2.76 bits per heavy atom. The van der Waals surface area contributed by atoms with Gasteiger partial charge in [-0.25, -0.2) is 9.97 Å². The first-order chi connectivity index (χ1) is 10.1. The molecule has 2 aromatic heterocycles. The number of nitrogens with zero attached hydrogens (tertiary/aromatic N) is 4. The topological polar surface area (TPSA) is 62.5 Å². The van der Waals surface area contributed by atoms with Crippen LogP contribution in [0.25, 0.3) is 5.65 Å². The molecule has 0 aliphatic carbocycles. The average Bonchev–Trinajstić information content (AvgIpc) is 2.88. The summed E-state index contributed by atoms with van der Waals surface area (Å²) in [6.45, 7) is 7.91. The van der Waals surface area contributed by atoms with Crippen molar-refractivity contribution in [2.45, 2.75) is 33.4 Å². The molecule has 0 aliphatic rings. The van der Waals surface area contributed by atoms with E-state index in [9.17, 15) is 4.79 Å². The van der Waals surface area contributed by atoms with E-state index in [-0.39, 0.29) is 11.9 Å². The Morgan fingerprint density at radius 2 is 2.10 bits per heavy atom. The Hall–Kier alpha value is -1.47. The summed E-state index contributed by atoms with van der Waals surface area (Å²) in [7, 11) is 0. The average molecular weight is 354 g/mol. The van der Waals surface area contributed by atoms with Crippen molar-refractivity contribution in [2.75, 3.05) is 13.1 Å². The van der Waals surface area contributed by atoms with Crippen LogP contribution < -0.4 is 5.32 Å². The van der Waals surface area contributed by atoms with Gasteiger partial charge < -0.3 is 10.2 Å². The standard InChI is InChI=1S/C14H20BrN5O/c1-4-19(5-2)14(21)10(3)16-6-11-7-18-13-8-17-12(15)9-20(11)13/h7-10,16H,4-6H2,1-3H3. The van der Waals surface area contributed by atoms with Crippen LogP contribution in [0.1, 0.15) is 26.5 Å². The number of hydrogen-bond acceptors (Lipinski definition) is 4. The van der Waals surface area contributed by atoms with Gasteiger partial charge in [0, 0.05) is 25.8 Å². The summed E-state index contributed by atoms with van der Waals surface area (Å²) in [4.78, 5) is 22.5. The number of likely N-dealkylation sites (N-methyl/N-ethyl adjacent to an activating group) is 1. The first-order valence-electron chi connectivity index (χ1n) is 7.06. The van der Waals surface area contributed by atoms with Crippen LogP contribution in [0.3, 0.4) is 0 Å². The molecule has 0 spiro atoms. The molecular weight excluding hydrogens is 334 g/mol. The van der Waals surface area contributed by atoms with Gasteiger partial charge >= 0.3 is 0 Å². The van der Waals surface area contributed by atoms with Crippen LogP contribution in [0.2, 0.25) is 0 Å². The monoisotopic (exact) mass is 353 g/mol. The maximum absolute atomic E-state index is 12.2. The Morgan fingerprint density at radius 1 is 1.38 bits per heavy atom. The zero-order valence-corrected chi connectivity index (χ0v) is 14.1. The van der Waals surface area contributed by atoms with Gasteiger partial charge in [-0.2, -0.15) is 0 Å². The third-order valence-corrected chi connectivity index (χ3v) is 3.89. The molecule has 0 aliphatic heterocycles. The molecule has 2 rings (SSSR count). The van der Waals surface area contributed by atoms with Gasteiger partial charge in [0.05, 0.1) is 24.1 Å². The third-order valence-electron chi connectivity index (χ3n) is 3.48. The van der Waals surface area contributed by atoms with Gasteiger partial charge in [0.15, 0.2) is 5.65 Å². The highest BCUT2D eigenvalue weighted by Crippen LogP contribution is 2.10. The van der Waals surface area contributed by atoms with Crippen LogP contribution in [-0.2, 0) is 11.3 Å². The molecule has 0 radical (unpaired) electrons. The van der Waals surface area contributed by atoms with Crippen molar-refractivity contribution in [3.8, 4) is 0 Å². The molecule has 2 aromatic rings. The van der Waals surface area contributed by atoms with E-state index in [0.29, 0.717) is 6.54 Å². The van der Waals surface area contributed by atoms with Gasteiger partial charge in [-0.05, 0) is 36.7 Å². The lowest BCUT2D eigenvalue weighted by Crippen LogP contribution is -2.44. The smallest absolute Gasteiger partial charge is 0.239 e. The number of carbonyl (C=O) groups excluding carboxylic acids is 1. The van der Waals surface area contributed by atoms with E-state index in [1.54, 1.807) is 12.4 Å². The summed E-state index contributed by atoms with van der Waals surface area (Å²) in [6, 6.07) is -0.222. The number of rotatable bonds is 6. The van der Waals surface area contributed by atoms with Gasteiger partial charge in [0.25, 0.3) is 0 Å². The van der Waals surface area contributed by atoms with E-state index >= 15 is 0 Å². The summed E-state index contributed by atoms with van der Waals surface area (Å²) in [5.41, 5.74) is 1.78. The van der Waals surface area contributed by atoms with Crippen molar-refractivity contribution < 1.29 is 4.79 Å². The van der Waals surface area contributed by atoms with Crippen molar-refractivity contribution in [1.29, 1.82) is 0 Å². The maximum atomic E-state index is 12.2. The van der Waals surface area contributed by atoms with Gasteiger partial charge in [0.1, 0.15) is 4.60 Å². The van der Waals surface area contributed by atoms with Crippen molar-refractivity contribution >= 4 is 27.5 Å². The zero-order valence-electron chi connectivity index (χ0n) is 12.5. The summed E-state index contributed by atoms with van der Waals surface area (Å²) < 4.78 is 2.71. The number of fused-ring (bicyclic) bond motifs is 1. The highest BCUT2D eigenvalue weighted by molar-refractivity contribution is 9.10. The second kappa shape index (κ2) is 7.00. The Labute approximate surface area is 132 Å². The van der Waals surface area contributed by atoms with Gasteiger partial charge in [0.2, 0.25) is 5.91 Å². The number of nitrogens with one attached hydrogen (secondary N) is 1. The third kappa shape index (κ3) is 3.59. The highest BCUT2D eigenvalue weighted by Gasteiger charge is 2.17. The normalized spacial score (nSPS) is 12.6. The van der Waals surface area contributed by atoms with Crippen molar-refractivity contribution in [3.05, 3.63) is 28.9 Å². The van der Waals surface area contributed by atoms with Gasteiger partial charge in [-0.1, -0.05) is 0 Å². The van der Waals surface area contributed by atoms with Crippen LogP contribution in [0.4, 0.5) is 0 Å². The Balaban J connectivity index is 2.04. The Kier molecular flexibility index (Phi) is 5.30. The van der Waals surface area contributed by atoms with E-state index in [0.717, 1.165) is 29.0 Å². The summed E-state index contributed by atoms with van der Waals surface area (Å²) in [6.07, 6.45) is 5.37. The van der Waals surface area contributed by atoms with Gasteiger partial charge in [-0.15, -0.1) is 0 Å². The number of carbonyl (C=O) groups is 1. The van der Waals surface area contributed by atoms with E-state index < -0.39 is 0 Å². The zero-order chi connectivity index (χ0) is 15.4. The fraction of sp³-hybridized carbons (Fsp3) is 0.500. The van der Waals surface area contributed by atoms with E-state index in [2.05, 4.69) is 31.2 Å². The fourth-order valence-corrected chi connectivity index (χ4v) is 2.51. The largest absolute Gasteiger partial charge is 0.342 e. The van der Waals surface area contributed by atoms with Crippen LogP contribution in [0, 0.1) is 0 Å². The SMILES string of the molecule is CCN(CC)C(=O)C(C)NCc1cnc2cnc(Br)cn12. The first kappa shape index (κ1) is 15.9. The highest BCUT2D eigenvalue weighted by atomic mass is 79.9. The minimum atomic E-state index is -0.222. The second-order valence-electron chi connectivity index (χ2n) is 4.80. The summed E-state index contributed by atoms with van der Waals surface area (Å²) in [5, 5.41) is 3.26. The minimum Gasteiger partial charge on any atom is -0.342 e. The lowest BCUT2D eigenvalue weighted by Gasteiger charge is -2.23. The predicted molar refractivity (Wildman–Crippen MR) is 84.9 cm³/mol. The molecule has 0 saturated carbocycles. The molecule has 21 heavy (non-hydrogen) atoms. The molecule has 6 nitrogen and oxygen atoms in total. The van der Waals surface area contributed by atoms with E-state index in [4.69, 9.17) is 0 Å². The number of amides is 1. The molecular formula is C14H20BrN5O. The summed E-state index contributed by atoms with van der Waals surface area (Å²) >= 11 is 3.35. The lowest BCUT2D eigenvalue weighted by atomic mass is 10.2. The van der Waals surface area contributed by atoms with Crippen LogP contribution >= 0.6 is 15.9 Å². The lowest BCUT2D eigenvalue weighted by molar-refractivity contribution is -0.132. The van der Waals surface area contributed by atoms with E-state index in [1.807, 2.05) is 36.3 Å². The molecule has 1 amide bonds. The van der Waals surface area contributed by atoms with Crippen LogP contribution in [-0.4, -0.2) is 44.3 Å². The maximum Gasteiger partial charge on any atom is 0.239 e. The molecule has 0 bridgehead atoms. The molecule has 2 heterocycles. The number of halogens is 1. The first-order valence-corrected chi connectivity index (χ1v) is 7.85. The molecule has 0 saturated heterocycles. The molecule has 0 fully saturated rings. The number of hydrogen-bond donors (Lipinski definition) is 1. The molecule has 114 valence electrons. The quantitative estimate of drug-likeness (QED) is 0.860. The van der Waals surface area contributed by atoms with Crippen molar-refractivity contribution in [3.63, 3.8) is 0 Å². The number of aromatic nitrogens is 3.